The molecule has 0 atom stereocenters. The zero-order valence-corrected chi connectivity index (χ0v) is 9.12. The first kappa shape index (κ1) is 10.2. The van der Waals surface area contributed by atoms with Crippen molar-refractivity contribution in [3.8, 4) is 0 Å². The summed E-state index contributed by atoms with van der Waals surface area (Å²) in [5.41, 5.74) is 0. The Morgan fingerprint density at radius 1 is 1.15 bits per heavy atom. The molecule has 0 bridgehead atoms. The van der Waals surface area contributed by atoms with Gasteiger partial charge < -0.3 is 8.85 Å². The average molecular weight is 202 g/mol. The first-order chi connectivity index (χ1) is 5.93. The van der Waals surface area contributed by atoms with Gasteiger partial charge in [-0.1, -0.05) is 6.92 Å². The van der Waals surface area contributed by atoms with Crippen LogP contribution in [0.5, 0.6) is 0 Å². The topological polar surface area (TPSA) is 52.6 Å². The summed E-state index contributed by atoms with van der Waals surface area (Å²) in [6, 6.07) is 1.48. The number of carbonyl (C=O) groups excluding carboxylic acids is 2. The van der Waals surface area contributed by atoms with Gasteiger partial charge in [0.15, 0.2) is 0 Å². The highest BCUT2D eigenvalue weighted by atomic mass is 28.4. The van der Waals surface area contributed by atoms with Crippen molar-refractivity contribution in [2.45, 2.75) is 32.9 Å². The molecule has 0 amide bonds. The number of rotatable bonds is 2. The van der Waals surface area contributed by atoms with Crippen LogP contribution < -0.4 is 0 Å². The largest absolute Gasteiger partial charge is 0.485 e. The molecule has 0 N–H and O–H groups in total. The normalized spacial score (nSPS) is 20.2. The van der Waals surface area contributed by atoms with E-state index in [9.17, 15) is 9.59 Å². The first-order valence-electron chi connectivity index (χ1n) is 4.33. The zero-order valence-electron chi connectivity index (χ0n) is 8.12. The van der Waals surface area contributed by atoms with Crippen molar-refractivity contribution in [1.82, 2.24) is 0 Å². The molecule has 0 aromatic carbocycles. The maximum atomic E-state index is 10.8. The molecular formula is C8H14O4Si. The average Bonchev–Trinajstić information content (AvgIpc) is 1.79. The molecule has 4 nitrogen and oxygen atoms in total. The van der Waals surface area contributed by atoms with Crippen LogP contribution in [-0.4, -0.2) is 20.5 Å². The Morgan fingerprint density at radius 3 is 1.77 bits per heavy atom. The monoisotopic (exact) mass is 202 g/mol. The summed E-state index contributed by atoms with van der Waals surface area (Å²) in [6.07, 6.45) is 0. The fraction of sp³-hybridized carbons (Fsp3) is 0.750. The number of hydrogen-bond donors (Lipinski definition) is 0. The molecule has 0 unspecified atom stereocenters. The van der Waals surface area contributed by atoms with Gasteiger partial charge in [-0.15, -0.1) is 0 Å². The van der Waals surface area contributed by atoms with Crippen molar-refractivity contribution in [2.24, 2.45) is 5.92 Å². The quantitative estimate of drug-likeness (QED) is 0.631. The van der Waals surface area contributed by atoms with Crippen LogP contribution in [0.4, 0.5) is 0 Å². The summed E-state index contributed by atoms with van der Waals surface area (Å²) >= 11 is 0. The lowest BCUT2D eigenvalue weighted by molar-refractivity contribution is -0.139. The highest BCUT2D eigenvalue weighted by molar-refractivity contribution is 6.73. The van der Waals surface area contributed by atoms with Crippen molar-refractivity contribution in [3.05, 3.63) is 0 Å². The molecule has 13 heavy (non-hydrogen) atoms. The Balaban J connectivity index is 2.55. The van der Waals surface area contributed by atoms with Crippen LogP contribution in [-0.2, 0) is 18.4 Å². The highest BCUT2D eigenvalue weighted by Crippen LogP contribution is 2.39. The van der Waals surface area contributed by atoms with Crippen LogP contribution in [0.25, 0.3) is 0 Å². The minimum atomic E-state index is -2.43. The zero-order chi connectivity index (χ0) is 10.1. The third-order valence-corrected chi connectivity index (χ3v) is 5.94. The van der Waals surface area contributed by atoms with Gasteiger partial charge in [0.2, 0.25) is 0 Å². The molecule has 1 heterocycles. The van der Waals surface area contributed by atoms with Crippen molar-refractivity contribution in [2.75, 3.05) is 0 Å². The standard InChI is InChI=1S/C8H14O4Si/c1-6-4-13(5-6,11-7(2)9)12-8(3)10/h6H,4-5H2,1-3H3. The number of hydrogen-bond acceptors (Lipinski definition) is 4. The Bertz CT molecular complexity index is 214. The van der Waals surface area contributed by atoms with Crippen molar-refractivity contribution in [3.63, 3.8) is 0 Å². The van der Waals surface area contributed by atoms with Gasteiger partial charge in [0.25, 0.3) is 11.9 Å². The van der Waals surface area contributed by atoms with Gasteiger partial charge in [0.1, 0.15) is 0 Å². The van der Waals surface area contributed by atoms with Crippen molar-refractivity contribution < 1.29 is 18.4 Å². The molecular weight excluding hydrogens is 188 g/mol. The molecule has 1 saturated heterocycles. The van der Waals surface area contributed by atoms with Crippen LogP contribution in [0.1, 0.15) is 20.8 Å². The van der Waals surface area contributed by atoms with Crippen LogP contribution in [0.15, 0.2) is 0 Å². The number of carbonyl (C=O) groups is 2. The maximum Gasteiger partial charge on any atom is 0.464 e. The van der Waals surface area contributed by atoms with E-state index >= 15 is 0 Å². The van der Waals surface area contributed by atoms with Crippen LogP contribution in [0, 0.1) is 5.92 Å². The molecule has 1 aliphatic heterocycles. The molecule has 0 spiro atoms. The summed E-state index contributed by atoms with van der Waals surface area (Å²) in [6.45, 7) is 4.75. The Morgan fingerprint density at radius 2 is 1.54 bits per heavy atom. The van der Waals surface area contributed by atoms with Gasteiger partial charge in [-0.2, -0.15) is 0 Å². The molecule has 0 radical (unpaired) electrons. The Hall–Kier alpha value is -0.843. The van der Waals surface area contributed by atoms with Crippen LogP contribution in [0.3, 0.4) is 0 Å². The first-order valence-corrected chi connectivity index (χ1v) is 6.56. The molecule has 0 aromatic rings. The van der Waals surface area contributed by atoms with Gasteiger partial charge in [-0.25, -0.2) is 0 Å². The maximum absolute atomic E-state index is 10.8. The molecule has 5 heteroatoms. The van der Waals surface area contributed by atoms with E-state index in [4.69, 9.17) is 8.85 Å². The van der Waals surface area contributed by atoms with E-state index in [1.165, 1.54) is 13.8 Å². The second-order valence-electron chi connectivity index (χ2n) is 3.61. The van der Waals surface area contributed by atoms with E-state index in [-0.39, 0.29) is 11.9 Å². The molecule has 0 saturated carbocycles. The smallest absolute Gasteiger partial charge is 0.464 e. The Labute approximate surface area is 78.5 Å². The second-order valence-corrected chi connectivity index (χ2v) is 6.66. The molecule has 74 valence electrons. The minimum Gasteiger partial charge on any atom is -0.485 e. The minimum absolute atomic E-state index is 0.347. The summed E-state index contributed by atoms with van der Waals surface area (Å²) in [5.74, 6) is -0.190. The van der Waals surface area contributed by atoms with Gasteiger partial charge in [-0.3, -0.25) is 9.59 Å². The van der Waals surface area contributed by atoms with Crippen molar-refractivity contribution in [1.29, 1.82) is 0 Å². The third kappa shape index (κ3) is 2.55. The fourth-order valence-electron chi connectivity index (χ4n) is 1.71. The predicted molar refractivity (Wildman–Crippen MR) is 48.1 cm³/mol. The van der Waals surface area contributed by atoms with E-state index in [1.807, 2.05) is 0 Å². The van der Waals surface area contributed by atoms with Crippen LogP contribution >= 0.6 is 0 Å². The molecule has 1 aliphatic rings. The summed E-state index contributed by atoms with van der Waals surface area (Å²) in [7, 11) is -2.43. The van der Waals surface area contributed by atoms with E-state index in [1.54, 1.807) is 0 Å². The third-order valence-electron chi connectivity index (χ3n) is 1.98. The van der Waals surface area contributed by atoms with E-state index < -0.39 is 8.56 Å². The summed E-state index contributed by atoms with van der Waals surface area (Å²) in [4.78, 5) is 21.5. The predicted octanol–water partition coefficient (Wildman–Crippen LogP) is 1.20. The summed E-state index contributed by atoms with van der Waals surface area (Å²) in [5, 5.41) is 0. The highest BCUT2D eigenvalue weighted by Gasteiger charge is 2.54. The second kappa shape index (κ2) is 3.49. The molecule has 0 aromatic heterocycles. The molecule has 1 fully saturated rings. The van der Waals surface area contributed by atoms with E-state index in [2.05, 4.69) is 6.92 Å². The lowest BCUT2D eigenvalue weighted by Gasteiger charge is -2.39. The van der Waals surface area contributed by atoms with E-state index in [0.717, 1.165) is 12.1 Å². The molecule has 0 aliphatic carbocycles. The van der Waals surface area contributed by atoms with Gasteiger partial charge >= 0.3 is 8.56 Å². The van der Waals surface area contributed by atoms with Gasteiger partial charge in [0, 0.05) is 25.9 Å². The van der Waals surface area contributed by atoms with Gasteiger partial charge in [-0.05, 0) is 5.92 Å². The molecule has 1 rings (SSSR count). The lowest BCUT2D eigenvalue weighted by Crippen LogP contribution is -2.54. The van der Waals surface area contributed by atoms with E-state index in [0.29, 0.717) is 5.92 Å². The van der Waals surface area contributed by atoms with Crippen LogP contribution in [0.2, 0.25) is 12.1 Å². The Kier molecular flexibility index (Phi) is 2.75. The fourth-order valence-corrected chi connectivity index (χ4v) is 5.14. The SMILES string of the molecule is CC(=O)O[Si]1(OC(C)=O)CC(C)C1. The van der Waals surface area contributed by atoms with Gasteiger partial charge in [0.05, 0.1) is 0 Å². The summed E-state index contributed by atoms with van der Waals surface area (Å²) < 4.78 is 10.2. The lowest BCUT2D eigenvalue weighted by atomic mass is 10.2. The van der Waals surface area contributed by atoms with Crippen molar-refractivity contribution >= 4 is 20.5 Å².